The Morgan fingerprint density at radius 3 is 2.68 bits per heavy atom. The first-order valence-corrected chi connectivity index (χ1v) is 6.05. The predicted octanol–water partition coefficient (Wildman–Crippen LogP) is 3.32. The van der Waals surface area contributed by atoms with Crippen molar-refractivity contribution in [1.29, 1.82) is 0 Å². The maximum Gasteiger partial charge on any atom is 0.573 e. The minimum Gasteiger partial charge on any atom is -0.466 e. The maximum absolute atomic E-state index is 12.1. The van der Waals surface area contributed by atoms with Gasteiger partial charge in [-0.2, -0.15) is 0 Å². The number of hydrogen-bond donors (Lipinski definition) is 1. The van der Waals surface area contributed by atoms with Gasteiger partial charge in [-0.3, -0.25) is 5.22 Å². The number of carbonyl (C=O) groups is 1. The molecule has 120 valence electrons. The average molecular weight is 337 g/mol. The molecular weight excluding hydrogens is 327 g/mol. The van der Waals surface area contributed by atoms with E-state index in [0.29, 0.717) is 5.56 Å². The Morgan fingerprint density at radius 1 is 1.50 bits per heavy atom. The number of methoxy groups -OCH3 is 1. The smallest absolute Gasteiger partial charge is 0.466 e. The van der Waals surface area contributed by atoms with E-state index in [2.05, 4.69) is 20.1 Å². The Morgan fingerprint density at radius 2 is 2.18 bits per heavy atom. The lowest BCUT2D eigenvalue weighted by Gasteiger charge is -2.11. The summed E-state index contributed by atoms with van der Waals surface area (Å²) in [7, 11) is 1.15. The summed E-state index contributed by atoms with van der Waals surface area (Å²) in [5, 5.41) is 2.35. The van der Waals surface area contributed by atoms with Gasteiger partial charge in [0.25, 0.3) is 0 Å². The van der Waals surface area contributed by atoms with Crippen LogP contribution in [-0.4, -0.2) is 26.0 Å². The van der Waals surface area contributed by atoms with Gasteiger partial charge in [0.1, 0.15) is 5.75 Å². The quantitative estimate of drug-likeness (QED) is 0.374. The fourth-order valence-corrected chi connectivity index (χ4v) is 1.68. The van der Waals surface area contributed by atoms with Gasteiger partial charge in [0, 0.05) is 5.57 Å². The second kappa shape index (κ2) is 7.64. The zero-order valence-corrected chi connectivity index (χ0v) is 11.9. The van der Waals surface area contributed by atoms with E-state index >= 15 is 0 Å². The molecule has 0 unspecified atom stereocenters. The van der Waals surface area contributed by atoms with Gasteiger partial charge in [0.2, 0.25) is 0 Å². The molecule has 0 aliphatic carbocycles. The molecule has 1 aromatic carbocycles. The highest BCUT2D eigenvalue weighted by atomic mass is 35.5. The van der Waals surface area contributed by atoms with Crippen LogP contribution in [0.3, 0.4) is 0 Å². The molecule has 0 fully saturated rings. The fourth-order valence-electron chi connectivity index (χ4n) is 1.45. The molecule has 0 saturated carbocycles. The SMILES string of the molecule is COC(=O)/C(=C/c1ccc(OC(F)(F)F)c(Cl)c1)CNN=[N-]. The van der Waals surface area contributed by atoms with Crippen LogP contribution in [0.5, 0.6) is 5.75 Å². The van der Waals surface area contributed by atoms with E-state index in [1.807, 2.05) is 0 Å². The molecule has 1 aromatic rings. The molecule has 1 N–H and O–H groups in total. The Kier molecular flexibility index (Phi) is 6.17. The third kappa shape index (κ3) is 5.60. The van der Waals surface area contributed by atoms with Gasteiger partial charge in [-0.15, -0.1) is 13.2 Å². The van der Waals surface area contributed by atoms with Crippen molar-refractivity contribution in [2.24, 2.45) is 5.22 Å². The summed E-state index contributed by atoms with van der Waals surface area (Å²) < 4.78 is 44.6. The van der Waals surface area contributed by atoms with Gasteiger partial charge < -0.3 is 20.4 Å². The van der Waals surface area contributed by atoms with Gasteiger partial charge in [-0.05, 0) is 30.3 Å². The molecule has 0 aromatic heterocycles. The Bertz CT molecular complexity index is 591. The van der Waals surface area contributed by atoms with E-state index in [-0.39, 0.29) is 17.1 Å². The third-order valence-electron chi connectivity index (χ3n) is 2.31. The lowest BCUT2D eigenvalue weighted by Crippen LogP contribution is -2.17. The number of hydrogen-bond acceptors (Lipinski definition) is 4. The van der Waals surface area contributed by atoms with Gasteiger partial charge in [-0.25, -0.2) is 4.79 Å². The molecule has 0 heterocycles. The molecule has 0 saturated heterocycles. The molecule has 0 spiro atoms. The summed E-state index contributed by atoms with van der Waals surface area (Å²) in [6.45, 7) is -0.151. The van der Waals surface area contributed by atoms with Gasteiger partial charge in [0.15, 0.2) is 0 Å². The number of ether oxygens (including phenoxy) is 2. The topological polar surface area (TPSA) is 82.2 Å². The highest BCUT2D eigenvalue weighted by molar-refractivity contribution is 6.32. The van der Waals surface area contributed by atoms with E-state index in [1.165, 1.54) is 18.2 Å². The van der Waals surface area contributed by atoms with Crippen molar-refractivity contribution in [3.8, 4) is 5.75 Å². The molecule has 10 heteroatoms. The molecule has 0 aliphatic heterocycles. The van der Waals surface area contributed by atoms with Crippen LogP contribution in [0, 0.1) is 0 Å². The number of alkyl halides is 3. The average Bonchev–Trinajstić information content (AvgIpc) is 2.44. The fraction of sp³-hybridized carbons (Fsp3) is 0.250. The number of benzene rings is 1. The predicted molar refractivity (Wildman–Crippen MR) is 71.9 cm³/mol. The number of halogens is 4. The maximum atomic E-state index is 12.1. The first kappa shape index (κ1) is 17.8. The van der Waals surface area contributed by atoms with Crippen molar-refractivity contribution in [3.05, 3.63) is 39.9 Å². The molecular formula is C12H10ClF3N3O3-. The van der Waals surface area contributed by atoms with E-state index < -0.39 is 18.1 Å². The summed E-state index contributed by atoms with van der Waals surface area (Å²) in [6.07, 6.45) is -3.54. The zero-order valence-electron chi connectivity index (χ0n) is 11.1. The molecule has 1 rings (SSSR count). The summed E-state index contributed by atoms with van der Waals surface area (Å²) in [5.41, 5.74) is 10.9. The van der Waals surface area contributed by atoms with Crippen molar-refractivity contribution in [2.75, 3.05) is 13.7 Å². The Labute approximate surface area is 128 Å². The second-order valence-electron chi connectivity index (χ2n) is 3.83. The second-order valence-corrected chi connectivity index (χ2v) is 4.24. The molecule has 0 radical (unpaired) electrons. The summed E-state index contributed by atoms with van der Waals surface area (Å²) in [6, 6.07) is 3.47. The monoisotopic (exact) mass is 336 g/mol. The van der Waals surface area contributed by atoms with Crippen molar-refractivity contribution in [3.63, 3.8) is 0 Å². The van der Waals surface area contributed by atoms with Gasteiger partial charge >= 0.3 is 12.3 Å². The lowest BCUT2D eigenvalue weighted by molar-refractivity contribution is -0.274. The van der Waals surface area contributed by atoms with E-state index in [4.69, 9.17) is 17.1 Å². The Hall–Kier alpha value is -2.29. The van der Waals surface area contributed by atoms with Crippen molar-refractivity contribution < 1.29 is 27.4 Å². The van der Waals surface area contributed by atoms with Crippen LogP contribution in [-0.2, 0) is 9.53 Å². The minimum atomic E-state index is -4.86. The first-order valence-electron chi connectivity index (χ1n) is 5.68. The van der Waals surface area contributed by atoms with Crippen LogP contribution < -0.4 is 10.2 Å². The van der Waals surface area contributed by atoms with Crippen molar-refractivity contribution in [2.45, 2.75) is 6.36 Å². The number of carbonyl (C=O) groups excluding carboxylic acids is 1. The van der Waals surface area contributed by atoms with Crippen LogP contribution in [0.15, 0.2) is 29.0 Å². The summed E-state index contributed by atoms with van der Waals surface area (Å²) in [4.78, 5) is 11.5. The third-order valence-corrected chi connectivity index (χ3v) is 2.61. The van der Waals surface area contributed by atoms with Gasteiger partial charge in [0.05, 0.1) is 12.1 Å². The number of nitrogens with zero attached hydrogens (tertiary/aromatic N) is 2. The summed E-state index contributed by atoms with van der Waals surface area (Å²) >= 11 is 5.69. The number of esters is 1. The highest BCUT2D eigenvalue weighted by Crippen LogP contribution is 2.31. The van der Waals surface area contributed by atoms with Crippen molar-refractivity contribution >= 4 is 23.6 Å². The number of rotatable bonds is 6. The van der Waals surface area contributed by atoms with Crippen molar-refractivity contribution in [1.82, 2.24) is 5.43 Å². The molecule has 0 amide bonds. The van der Waals surface area contributed by atoms with Crippen LogP contribution >= 0.6 is 11.6 Å². The number of nitrogens with one attached hydrogen (secondary N) is 1. The van der Waals surface area contributed by atoms with E-state index in [1.54, 1.807) is 0 Å². The van der Waals surface area contributed by atoms with Gasteiger partial charge in [-0.1, -0.05) is 17.7 Å². The first-order chi connectivity index (χ1) is 10.3. The summed E-state index contributed by atoms with van der Waals surface area (Å²) in [5.74, 6) is -1.27. The van der Waals surface area contributed by atoms with E-state index in [9.17, 15) is 18.0 Å². The van der Waals surface area contributed by atoms with Crippen LogP contribution in [0.1, 0.15) is 5.56 Å². The normalized spacial score (nSPS) is 11.8. The van der Waals surface area contributed by atoms with Crippen LogP contribution in [0.2, 0.25) is 5.02 Å². The van der Waals surface area contributed by atoms with Crippen LogP contribution in [0.25, 0.3) is 11.6 Å². The lowest BCUT2D eigenvalue weighted by atomic mass is 10.1. The van der Waals surface area contributed by atoms with E-state index in [0.717, 1.165) is 13.2 Å². The molecule has 0 atom stereocenters. The highest BCUT2D eigenvalue weighted by Gasteiger charge is 2.32. The van der Waals surface area contributed by atoms with Crippen LogP contribution in [0.4, 0.5) is 13.2 Å². The Balaban J connectivity index is 3.04. The molecule has 6 nitrogen and oxygen atoms in total. The molecule has 22 heavy (non-hydrogen) atoms. The zero-order chi connectivity index (χ0) is 16.8. The minimum absolute atomic E-state index is 0.0702. The largest absolute Gasteiger partial charge is 0.573 e. The standard InChI is InChI=1S/C12H10ClF3N3O3/c1-21-11(20)8(6-18-19-17)4-7-2-3-10(9(13)5-7)22-12(14,15)16/h2-5H,6H2,1H3,(H-,17,18)/q-1/b8-4+. The molecule has 0 bridgehead atoms. The molecule has 0 aliphatic rings.